The van der Waals surface area contributed by atoms with Gasteiger partial charge in [0.05, 0.1) is 11.6 Å². The van der Waals surface area contributed by atoms with Crippen molar-refractivity contribution in [1.29, 1.82) is 0 Å². The summed E-state index contributed by atoms with van der Waals surface area (Å²) < 4.78 is 25.9. The van der Waals surface area contributed by atoms with Crippen LogP contribution in [0.5, 0.6) is 0 Å². The van der Waals surface area contributed by atoms with Gasteiger partial charge in [0.1, 0.15) is 4.90 Å². The zero-order valence-electron chi connectivity index (χ0n) is 16.0. The molecule has 2 amide bonds. The highest BCUT2D eigenvalue weighted by Crippen LogP contribution is 2.30. The molecule has 0 saturated heterocycles. The Bertz CT molecular complexity index is 971. The van der Waals surface area contributed by atoms with E-state index in [0.29, 0.717) is 5.92 Å². The highest BCUT2D eigenvalue weighted by atomic mass is 32.2. The molecule has 6 nitrogen and oxygen atoms in total. The lowest BCUT2D eigenvalue weighted by atomic mass is 9.97. The molecule has 1 aliphatic heterocycles. The highest BCUT2D eigenvalue weighted by molar-refractivity contribution is 7.90. The van der Waals surface area contributed by atoms with E-state index < -0.39 is 15.9 Å². The van der Waals surface area contributed by atoms with E-state index in [1.54, 1.807) is 12.1 Å². The maximum atomic E-state index is 12.6. The van der Waals surface area contributed by atoms with Gasteiger partial charge in [-0.15, -0.1) is 0 Å². The standard InChI is InChI=1S/C21H24N2O4S/c1-15(2)14-18(16-8-4-3-5-9-16)22-20(24)12-13-23-21(25)17-10-6-7-11-19(17)28(23,26)27/h3-11,15,18H,12-14H2,1-2H3,(H,22,24). The summed E-state index contributed by atoms with van der Waals surface area (Å²) in [5.41, 5.74) is 1.16. The van der Waals surface area contributed by atoms with E-state index in [9.17, 15) is 18.0 Å². The quantitative estimate of drug-likeness (QED) is 0.774. The van der Waals surface area contributed by atoms with Crippen molar-refractivity contribution in [3.05, 3.63) is 65.7 Å². The summed E-state index contributed by atoms with van der Waals surface area (Å²) in [6.45, 7) is 3.98. The normalized spacial score (nSPS) is 16.1. The first kappa shape index (κ1) is 20.1. The Morgan fingerprint density at radius 1 is 1.04 bits per heavy atom. The summed E-state index contributed by atoms with van der Waals surface area (Å²) in [6, 6.07) is 15.6. The average molecular weight is 401 g/mol. The molecule has 0 fully saturated rings. The average Bonchev–Trinajstić information content (AvgIpc) is 2.86. The Balaban J connectivity index is 1.68. The van der Waals surface area contributed by atoms with E-state index in [0.717, 1.165) is 16.3 Å². The van der Waals surface area contributed by atoms with Crippen LogP contribution in [-0.2, 0) is 14.8 Å². The third-order valence-corrected chi connectivity index (χ3v) is 6.54. The monoisotopic (exact) mass is 400 g/mol. The Kier molecular flexibility index (Phi) is 5.84. The topological polar surface area (TPSA) is 83.6 Å². The number of carbonyl (C=O) groups excluding carboxylic acids is 2. The predicted molar refractivity (Wildman–Crippen MR) is 106 cm³/mol. The van der Waals surface area contributed by atoms with Crippen molar-refractivity contribution >= 4 is 21.8 Å². The lowest BCUT2D eigenvalue weighted by molar-refractivity contribution is -0.122. The molecule has 2 aromatic carbocycles. The molecule has 28 heavy (non-hydrogen) atoms. The second-order valence-electron chi connectivity index (χ2n) is 7.29. The van der Waals surface area contributed by atoms with Gasteiger partial charge in [-0.3, -0.25) is 9.59 Å². The molecule has 0 spiro atoms. The summed E-state index contributed by atoms with van der Waals surface area (Å²) in [5.74, 6) is -0.487. The SMILES string of the molecule is CC(C)CC(NC(=O)CCN1C(=O)c2ccccc2S1(=O)=O)c1ccccc1. The van der Waals surface area contributed by atoms with Crippen molar-refractivity contribution < 1.29 is 18.0 Å². The number of carbonyl (C=O) groups is 2. The molecule has 7 heteroatoms. The van der Waals surface area contributed by atoms with E-state index in [1.165, 1.54) is 12.1 Å². The van der Waals surface area contributed by atoms with E-state index in [1.807, 2.05) is 30.3 Å². The molecule has 0 aromatic heterocycles. The zero-order valence-corrected chi connectivity index (χ0v) is 16.8. The molecule has 0 saturated carbocycles. The highest BCUT2D eigenvalue weighted by Gasteiger charge is 2.40. The van der Waals surface area contributed by atoms with Gasteiger partial charge in [0.25, 0.3) is 15.9 Å². The fourth-order valence-electron chi connectivity index (χ4n) is 3.36. The Labute approximate surface area is 165 Å². The van der Waals surface area contributed by atoms with Crippen LogP contribution in [0.3, 0.4) is 0 Å². The van der Waals surface area contributed by atoms with Gasteiger partial charge in [0.15, 0.2) is 0 Å². The molecular formula is C21H24N2O4S. The van der Waals surface area contributed by atoms with Crippen LogP contribution in [0, 0.1) is 5.92 Å². The maximum Gasteiger partial charge on any atom is 0.269 e. The molecule has 0 radical (unpaired) electrons. The molecule has 2 aromatic rings. The van der Waals surface area contributed by atoms with Crippen LogP contribution >= 0.6 is 0 Å². The van der Waals surface area contributed by atoms with Crippen LogP contribution < -0.4 is 5.32 Å². The van der Waals surface area contributed by atoms with Crippen molar-refractivity contribution in [3.8, 4) is 0 Å². The molecule has 1 atom stereocenters. The van der Waals surface area contributed by atoms with Crippen LogP contribution in [0.4, 0.5) is 0 Å². The summed E-state index contributed by atoms with van der Waals surface area (Å²) in [4.78, 5) is 24.9. The summed E-state index contributed by atoms with van der Waals surface area (Å²) >= 11 is 0. The Hall–Kier alpha value is -2.67. The van der Waals surface area contributed by atoms with Gasteiger partial charge < -0.3 is 5.32 Å². The molecule has 1 heterocycles. The van der Waals surface area contributed by atoms with Crippen LogP contribution in [0.1, 0.15) is 48.7 Å². The van der Waals surface area contributed by atoms with E-state index in [4.69, 9.17) is 0 Å². The summed E-state index contributed by atoms with van der Waals surface area (Å²) in [7, 11) is -3.89. The number of nitrogens with zero attached hydrogens (tertiary/aromatic N) is 1. The number of amides is 2. The second-order valence-corrected chi connectivity index (χ2v) is 9.12. The molecular weight excluding hydrogens is 376 g/mol. The third-order valence-electron chi connectivity index (χ3n) is 4.70. The Morgan fingerprint density at radius 3 is 2.32 bits per heavy atom. The van der Waals surface area contributed by atoms with Gasteiger partial charge in [-0.25, -0.2) is 12.7 Å². The number of hydrogen-bond donors (Lipinski definition) is 1. The fourth-order valence-corrected chi connectivity index (χ4v) is 4.93. The van der Waals surface area contributed by atoms with Crippen molar-refractivity contribution in [1.82, 2.24) is 9.62 Å². The number of sulfonamides is 1. The van der Waals surface area contributed by atoms with Gasteiger partial charge in [0.2, 0.25) is 5.91 Å². The second kappa shape index (κ2) is 8.14. The van der Waals surface area contributed by atoms with Gasteiger partial charge in [-0.05, 0) is 30.0 Å². The molecule has 0 aliphatic carbocycles. The number of hydrogen-bond acceptors (Lipinski definition) is 4. The molecule has 148 valence electrons. The van der Waals surface area contributed by atoms with Gasteiger partial charge >= 0.3 is 0 Å². The van der Waals surface area contributed by atoms with E-state index >= 15 is 0 Å². The van der Waals surface area contributed by atoms with E-state index in [-0.39, 0.29) is 35.4 Å². The van der Waals surface area contributed by atoms with Crippen molar-refractivity contribution in [2.75, 3.05) is 6.54 Å². The summed E-state index contributed by atoms with van der Waals surface area (Å²) in [5, 5.41) is 2.98. The Morgan fingerprint density at radius 2 is 1.68 bits per heavy atom. The first-order valence-electron chi connectivity index (χ1n) is 9.31. The molecule has 1 N–H and O–H groups in total. The summed E-state index contributed by atoms with van der Waals surface area (Å²) in [6.07, 6.45) is 0.683. The van der Waals surface area contributed by atoms with Gasteiger partial charge in [0, 0.05) is 13.0 Å². The number of rotatable bonds is 7. The fraction of sp³-hybridized carbons (Fsp3) is 0.333. The molecule has 1 aliphatic rings. The zero-order chi connectivity index (χ0) is 20.3. The minimum atomic E-state index is -3.89. The maximum absolute atomic E-state index is 12.6. The smallest absolute Gasteiger partial charge is 0.269 e. The van der Waals surface area contributed by atoms with Crippen molar-refractivity contribution in [2.45, 2.75) is 37.6 Å². The van der Waals surface area contributed by atoms with Crippen LogP contribution in [0.25, 0.3) is 0 Å². The van der Waals surface area contributed by atoms with Gasteiger partial charge in [-0.1, -0.05) is 56.3 Å². The number of fused-ring (bicyclic) bond motifs is 1. The first-order chi connectivity index (χ1) is 13.3. The van der Waals surface area contributed by atoms with Crippen molar-refractivity contribution in [2.24, 2.45) is 5.92 Å². The lowest BCUT2D eigenvalue weighted by Crippen LogP contribution is -2.36. The van der Waals surface area contributed by atoms with E-state index in [2.05, 4.69) is 19.2 Å². The first-order valence-corrected chi connectivity index (χ1v) is 10.7. The lowest BCUT2D eigenvalue weighted by Gasteiger charge is -2.22. The molecule has 1 unspecified atom stereocenters. The number of nitrogens with one attached hydrogen (secondary N) is 1. The largest absolute Gasteiger partial charge is 0.349 e. The van der Waals surface area contributed by atoms with Crippen LogP contribution in [0.15, 0.2) is 59.5 Å². The predicted octanol–water partition coefficient (Wildman–Crippen LogP) is 3.12. The van der Waals surface area contributed by atoms with Crippen LogP contribution in [0.2, 0.25) is 0 Å². The molecule has 0 bridgehead atoms. The third kappa shape index (κ3) is 4.09. The van der Waals surface area contributed by atoms with Crippen molar-refractivity contribution in [3.63, 3.8) is 0 Å². The minimum absolute atomic E-state index is 0.00220. The number of benzene rings is 2. The van der Waals surface area contributed by atoms with Gasteiger partial charge in [-0.2, -0.15) is 0 Å². The minimum Gasteiger partial charge on any atom is -0.349 e. The molecule has 3 rings (SSSR count). The van der Waals surface area contributed by atoms with Crippen LogP contribution in [-0.4, -0.2) is 31.1 Å².